The summed E-state index contributed by atoms with van der Waals surface area (Å²) in [5.41, 5.74) is -0.00992. The highest BCUT2D eigenvalue weighted by molar-refractivity contribution is 7.89. The van der Waals surface area contributed by atoms with Crippen LogP contribution < -0.4 is 4.72 Å². The second kappa shape index (κ2) is 9.18. The highest BCUT2D eigenvalue weighted by Gasteiger charge is 2.44. The maximum absolute atomic E-state index is 13.0. The molecule has 0 saturated carbocycles. The van der Waals surface area contributed by atoms with Crippen molar-refractivity contribution in [3.63, 3.8) is 0 Å². The average Bonchev–Trinajstić information content (AvgIpc) is 2.63. The van der Waals surface area contributed by atoms with Crippen LogP contribution in [0.15, 0.2) is 52.5 Å². The van der Waals surface area contributed by atoms with Crippen molar-refractivity contribution in [3.8, 4) is 0 Å². The number of aliphatic hydroxyl groups is 1. The number of benzene rings is 1. The van der Waals surface area contributed by atoms with E-state index in [9.17, 15) is 13.5 Å². The number of halogens is 1. The molecule has 26 heavy (non-hydrogen) atoms. The average molecular weight is 400 g/mol. The van der Waals surface area contributed by atoms with E-state index < -0.39 is 21.7 Å². The fourth-order valence-corrected chi connectivity index (χ4v) is 4.63. The Hall–Kier alpha value is -1.14. The third-order valence-electron chi connectivity index (χ3n) is 5.12. The Morgan fingerprint density at radius 1 is 1.27 bits per heavy atom. The first-order chi connectivity index (χ1) is 12.0. The van der Waals surface area contributed by atoms with Crippen LogP contribution in [0.3, 0.4) is 0 Å². The smallest absolute Gasteiger partial charge is 0.241 e. The molecule has 0 heterocycles. The Labute approximate surface area is 163 Å². The van der Waals surface area contributed by atoms with Gasteiger partial charge in [0.05, 0.1) is 10.9 Å². The van der Waals surface area contributed by atoms with Gasteiger partial charge in [-0.3, -0.25) is 0 Å². The molecule has 0 amide bonds. The molecule has 2 N–H and O–H groups in total. The number of allylic oxidation sites excluding steroid dienone is 2. The van der Waals surface area contributed by atoms with Gasteiger partial charge < -0.3 is 5.11 Å². The fourth-order valence-electron chi connectivity index (χ4n) is 2.96. The Morgan fingerprint density at radius 3 is 2.23 bits per heavy atom. The summed E-state index contributed by atoms with van der Waals surface area (Å²) in [4.78, 5) is 0.0805. The van der Waals surface area contributed by atoms with Gasteiger partial charge >= 0.3 is 0 Å². The number of hydrogen-bond donors (Lipinski definition) is 2. The molecule has 146 valence electrons. The maximum Gasteiger partial charge on any atom is 0.241 e. The van der Waals surface area contributed by atoms with Crippen molar-refractivity contribution < 1.29 is 13.5 Å². The van der Waals surface area contributed by atoms with Gasteiger partial charge in [0.25, 0.3) is 0 Å². The Kier molecular flexibility index (Phi) is 8.08. The lowest BCUT2D eigenvalue weighted by molar-refractivity contribution is 0.0580. The zero-order chi connectivity index (χ0) is 20.1. The molecule has 0 spiro atoms. The first-order valence-electron chi connectivity index (χ1n) is 8.81. The molecular weight excluding hydrogens is 370 g/mol. The largest absolute Gasteiger partial charge is 0.379 e. The van der Waals surface area contributed by atoms with Crippen LogP contribution in [-0.4, -0.2) is 25.2 Å². The monoisotopic (exact) mass is 399 g/mol. The topological polar surface area (TPSA) is 66.4 Å². The molecule has 1 aromatic carbocycles. The molecule has 4 nitrogen and oxygen atoms in total. The van der Waals surface area contributed by atoms with Gasteiger partial charge in [-0.1, -0.05) is 50.1 Å². The van der Waals surface area contributed by atoms with E-state index in [1.807, 2.05) is 53.7 Å². The van der Waals surface area contributed by atoms with Crippen molar-refractivity contribution in [3.05, 3.63) is 52.6 Å². The van der Waals surface area contributed by atoms with Crippen molar-refractivity contribution in [2.24, 2.45) is 5.92 Å². The molecule has 0 bridgehead atoms. The van der Waals surface area contributed by atoms with E-state index in [4.69, 9.17) is 11.6 Å². The quantitative estimate of drug-likeness (QED) is 0.623. The summed E-state index contributed by atoms with van der Waals surface area (Å²) in [5.74, 6) is -0.0984. The second-order valence-corrected chi connectivity index (χ2v) is 8.80. The van der Waals surface area contributed by atoms with Crippen molar-refractivity contribution >= 4 is 21.6 Å². The van der Waals surface area contributed by atoms with Crippen LogP contribution in [0.4, 0.5) is 0 Å². The summed E-state index contributed by atoms with van der Waals surface area (Å²) in [5, 5.41) is 11.9. The lowest BCUT2D eigenvalue weighted by Gasteiger charge is -2.41. The summed E-state index contributed by atoms with van der Waals surface area (Å²) in [6.07, 6.45) is 4.34. The van der Waals surface area contributed by atoms with Crippen LogP contribution in [0.25, 0.3) is 0 Å². The van der Waals surface area contributed by atoms with Crippen molar-refractivity contribution in [2.45, 2.75) is 64.5 Å². The van der Waals surface area contributed by atoms with E-state index in [2.05, 4.69) is 4.72 Å². The number of hydrogen-bond acceptors (Lipinski definition) is 3. The Balaban J connectivity index is 3.51. The van der Waals surface area contributed by atoms with E-state index in [0.717, 1.165) is 0 Å². The summed E-state index contributed by atoms with van der Waals surface area (Å²) < 4.78 is 28.7. The molecule has 0 radical (unpaired) electrons. The van der Waals surface area contributed by atoms with Gasteiger partial charge in [-0.05, 0) is 63.0 Å². The third kappa shape index (κ3) is 4.77. The van der Waals surface area contributed by atoms with Crippen LogP contribution in [0.5, 0.6) is 0 Å². The fraction of sp³-hybridized carbons (Fsp3) is 0.500. The lowest BCUT2D eigenvalue weighted by atomic mass is 9.75. The zero-order valence-electron chi connectivity index (χ0n) is 16.4. The van der Waals surface area contributed by atoms with E-state index in [0.29, 0.717) is 22.6 Å². The van der Waals surface area contributed by atoms with Crippen molar-refractivity contribution in [2.75, 3.05) is 0 Å². The summed E-state index contributed by atoms with van der Waals surface area (Å²) in [6, 6.07) is 5.39. The van der Waals surface area contributed by atoms with Gasteiger partial charge in [-0.2, -0.15) is 0 Å². The standard InChI is InChI=1S/C20H30ClNO3S/c1-7-14(4)19(20(23,15(5)8-2)16(6)9-3)22-26(24,25)18-12-10-11-17(21)13-18/h8-14,19,22-23H,7H2,1-6H3/t14-,19-,20?/m0/s1. The number of sulfonamides is 1. The highest BCUT2D eigenvalue weighted by atomic mass is 35.5. The summed E-state index contributed by atoms with van der Waals surface area (Å²) >= 11 is 5.95. The van der Waals surface area contributed by atoms with E-state index in [1.165, 1.54) is 12.1 Å². The van der Waals surface area contributed by atoms with Gasteiger partial charge in [0.2, 0.25) is 10.0 Å². The maximum atomic E-state index is 13.0. The first kappa shape index (κ1) is 22.9. The van der Waals surface area contributed by atoms with E-state index >= 15 is 0 Å². The minimum absolute atomic E-state index is 0.0805. The molecule has 0 aliphatic heterocycles. The summed E-state index contributed by atoms with van der Waals surface area (Å²) in [7, 11) is -3.85. The highest BCUT2D eigenvalue weighted by Crippen LogP contribution is 2.35. The predicted octanol–water partition coefficient (Wildman–Crippen LogP) is 4.70. The Morgan fingerprint density at radius 2 is 1.81 bits per heavy atom. The molecule has 0 fully saturated rings. The molecule has 6 heteroatoms. The van der Waals surface area contributed by atoms with E-state index in [-0.39, 0.29) is 10.8 Å². The zero-order valence-corrected chi connectivity index (χ0v) is 17.9. The van der Waals surface area contributed by atoms with Crippen LogP contribution in [0.2, 0.25) is 5.02 Å². The third-order valence-corrected chi connectivity index (χ3v) is 6.79. The first-order valence-corrected chi connectivity index (χ1v) is 10.7. The normalized spacial score (nSPS) is 18.3. The molecule has 2 atom stereocenters. The van der Waals surface area contributed by atoms with Gasteiger partial charge in [0.1, 0.15) is 5.60 Å². The van der Waals surface area contributed by atoms with Crippen molar-refractivity contribution in [1.29, 1.82) is 0 Å². The van der Waals surface area contributed by atoms with Gasteiger partial charge in [0, 0.05) is 5.02 Å². The number of rotatable bonds is 8. The SMILES string of the molecule is CC=C(C)C(O)(C(C)=CC)[C@@H](NS(=O)(=O)c1cccc(Cl)c1)[C@@H](C)CC. The van der Waals surface area contributed by atoms with Gasteiger partial charge in [0.15, 0.2) is 0 Å². The van der Waals surface area contributed by atoms with Crippen molar-refractivity contribution in [1.82, 2.24) is 4.72 Å². The second-order valence-electron chi connectivity index (χ2n) is 6.65. The molecule has 0 aliphatic carbocycles. The van der Waals surface area contributed by atoms with Crippen LogP contribution in [-0.2, 0) is 10.0 Å². The molecule has 0 unspecified atom stereocenters. The molecule has 0 aromatic heterocycles. The predicted molar refractivity (Wildman–Crippen MR) is 109 cm³/mol. The Bertz CT molecular complexity index is 766. The van der Waals surface area contributed by atoms with Gasteiger partial charge in [-0.25, -0.2) is 13.1 Å². The van der Waals surface area contributed by atoms with Crippen LogP contribution in [0, 0.1) is 5.92 Å². The minimum atomic E-state index is -3.85. The van der Waals surface area contributed by atoms with Crippen LogP contribution >= 0.6 is 11.6 Å². The molecule has 1 aromatic rings. The lowest BCUT2D eigenvalue weighted by Crippen LogP contribution is -2.57. The molecular formula is C20H30ClNO3S. The van der Waals surface area contributed by atoms with Crippen LogP contribution in [0.1, 0.15) is 48.0 Å². The van der Waals surface area contributed by atoms with Gasteiger partial charge in [-0.15, -0.1) is 0 Å². The summed E-state index contributed by atoms with van der Waals surface area (Å²) in [6.45, 7) is 11.2. The molecule has 0 saturated heterocycles. The minimum Gasteiger partial charge on any atom is -0.379 e. The number of nitrogens with one attached hydrogen (secondary N) is 1. The molecule has 0 aliphatic rings. The molecule has 1 rings (SSSR count). The van der Waals surface area contributed by atoms with E-state index in [1.54, 1.807) is 12.1 Å².